The van der Waals surface area contributed by atoms with Crippen molar-refractivity contribution in [2.24, 2.45) is 5.41 Å². The van der Waals surface area contributed by atoms with E-state index in [2.05, 4.69) is 12.6 Å². The van der Waals surface area contributed by atoms with E-state index in [1.54, 1.807) is 6.92 Å². The summed E-state index contributed by atoms with van der Waals surface area (Å²) in [6.07, 6.45) is 3.05. The van der Waals surface area contributed by atoms with E-state index in [-0.39, 0.29) is 23.9 Å². The number of benzene rings is 2. The molecule has 5 heteroatoms. The van der Waals surface area contributed by atoms with E-state index in [1.165, 1.54) is 0 Å². The Labute approximate surface area is 195 Å². The summed E-state index contributed by atoms with van der Waals surface area (Å²) in [6.45, 7) is 9.68. The van der Waals surface area contributed by atoms with E-state index in [9.17, 15) is 9.90 Å². The number of allylic oxidation sites excluding steroid dienone is 1. The van der Waals surface area contributed by atoms with Gasteiger partial charge in [0.1, 0.15) is 0 Å². The van der Waals surface area contributed by atoms with Crippen LogP contribution in [0.4, 0.5) is 0 Å². The lowest BCUT2D eigenvalue weighted by molar-refractivity contribution is -0.158. The van der Waals surface area contributed by atoms with E-state index in [0.717, 1.165) is 11.1 Å². The Balaban J connectivity index is 2.24. The smallest absolute Gasteiger partial charge is 0.229 e. The van der Waals surface area contributed by atoms with Gasteiger partial charge in [-0.05, 0) is 61.6 Å². The van der Waals surface area contributed by atoms with Crippen LogP contribution in [0.1, 0.15) is 63.1 Å². The van der Waals surface area contributed by atoms with Crippen molar-refractivity contribution in [1.29, 1.82) is 0 Å². The zero-order valence-corrected chi connectivity index (χ0v) is 19.9. The minimum Gasteiger partial charge on any atom is -0.391 e. The molecule has 0 bridgehead atoms. The predicted molar refractivity (Wildman–Crippen MR) is 129 cm³/mol. The standard InChI is InChI=1S/C26H31Cl2NO2/c1-5-14-26(4)16-22(19-8-7-9-21(28)15-19)24(18-10-12-20(27)13-11-18)29(25(26)31)23(6-2)17(3)30/h5,7-13,15,17,22-24,30H,1,6,14,16H2,2-4H3/t17?,22?,23-,24?,26?/m0/s1. The molecule has 0 radical (unpaired) electrons. The van der Waals surface area contributed by atoms with Gasteiger partial charge in [0.15, 0.2) is 0 Å². The molecule has 0 aromatic heterocycles. The SMILES string of the molecule is C=CCC1(C)CC(c2cccc(Cl)c2)C(c2ccc(Cl)cc2)N([C@@H](CC)C(C)O)C1=O. The molecule has 2 aromatic carbocycles. The van der Waals surface area contributed by atoms with Crippen LogP contribution in [0.15, 0.2) is 61.2 Å². The van der Waals surface area contributed by atoms with Crippen molar-refractivity contribution in [3.8, 4) is 0 Å². The number of carbonyl (C=O) groups is 1. The van der Waals surface area contributed by atoms with E-state index in [0.29, 0.717) is 29.3 Å². The van der Waals surface area contributed by atoms with Crippen LogP contribution in [-0.4, -0.2) is 28.1 Å². The van der Waals surface area contributed by atoms with Gasteiger partial charge in [0.25, 0.3) is 0 Å². The van der Waals surface area contributed by atoms with Crippen molar-refractivity contribution < 1.29 is 9.90 Å². The van der Waals surface area contributed by atoms with Crippen molar-refractivity contribution in [1.82, 2.24) is 4.90 Å². The minimum atomic E-state index is -0.658. The van der Waals surface area contributed by atoms with Crippen molar-refractivity contribution in [2.75, 3.05) is 0 Å². The maximum Gasteiger partial charge on any atom is 0.229 e. The molecule has 5 atom stereocenters. The van der Waals surface area contributed by atoms with Crippen LogP contribution in [0, 0.1) is 5.41 Å². The van der Waals surface area contributed by atoms with Gasteiger partial charge in [-0.15, -0.1) is 6.58 Å². The van der Waals surface area contributed by atoms with Gasteiger partial charge >= 0.3 is 0 Å². The second kappa shape index (κ2) is 9.77. The number of carbonyl (C=O) groups excluding carboxylic acids is 1. The molecule has 0 aliphatic carbocycles. The number of amides is 1. The van der Waals surface area contributed by atoms with Crippen LogP contribution in [0.25, 0.3) is 0 Å². The van der Waals surface area contributed by atoms with Crippen LogP contribution in [-0.2, 0) is 4.79 Å². The highest BCUT2D eigenvalue weighted by molar-refractivity contribution is 6.30. The third-order valence-electron chi connectivity index (χ3n) is 6.52. The van der Waals surface area contributed by atoms with Gasteiger partial charge in [0.05, 0.1) is 23.6 Å². The van der Waals surface area contributed by atoms with E-state index >= 15 is 0 Å². The van der Waals surface area contributed by atoms with E-state index in [4.69, 9.17) is 23.2 Å². The van der Waals surface area contributed by atoms with Gasteiger partial charge < -0.3 is 10.0 Å². The molecule has 3 rings (SSSR count). The molecule has 1 N–H and O–H groups in total. The normalized spacial score (nSPS) is 25.9. The molecule has 1 saturated heterocycles. The monoisotopic (exact) mass is 459 g/mol. The van der Waals surface area contributed by atoms with Crippen LogP contribution in [0.2, 0.25) is 10.0 Å². The maximum atomic E-state index is 14.0. The molecule has 166 valence electrons. The van der Waals surface area contributed by atoms with Crippen molar-refractivity contribution in [2.45, 2.75) is 64.1 Å². The highest BCUT2D eigenvalue weighted by Gasteiger charge is 2.51. The first-order valence-electron chi connectivity index (χ1n) is 10.8. The number of rotatable bonds is 7. The Kier molecular flexibility index (Phi) is 7.51. The summed E-state index contributed by atoms with van der Waals surface area (Å²) in [5, 5.41) is 12.0. The number of halogens is 2. The number of aliphatic hydroxyl groups is 1. The highest BCUT2D eigenvalue weighted by atomic mass is 35.5. The molecule has 0 saturated carbocycles. The third kappa shape index (κ3) is 4.84. The number of piperidine rings is 1. The number of hydrogen-bond acceptors (Lipinski definition) is 2. The fourth-order valence-electron chi connectivity index (χ4n) is 5.02. The summed E-state index contributed by atoms with van der Waals surface area (Å²) in [4.78, 5) is 15.9. The Morgan fingerprint density at radius 2 is 1.87 bits per heavy atom. The lowest BCUT2D eigenvalue weighted by Gasteiger charge is -2.52. The quantitative estimate of drug-likeness (QED) is 0.462. The number of likely N-dealkylation sites (tertiary alicyclic amines) is 1. The van der Waals surface area contributed by atoms with Crippen LogP contribution in [0.3, 0.4) is 0 Å². The molecule has 2 aromatic rings. The minimum absolute atomic E-state index is 0.00956. The van der Waals surface area contributed by atoms with Crippen LogP contribution in [0.5, 0.6) is 0 Å². The summed E-state index contributed by atoms with van der Waals surface area (Å²) >= 11 is 12.5. The molecule has 0 spiro atoms. The van der Waals surface area contributed by atoms with Crippen LogP contribution >= 0.6 is 23.2 Å². The second-order valence-electron chi connectivity index (χ2n) is 8.84. The van der Waals surface area contributed by atoms with E-state index in [1.807, 2.05) is 67.3 Å². The van der Waals surface area contributed by atoms with Gasteiger partial charge in [0.2, 0.25) is 5.91 Å². The van der Waals surface area contributed by atoms with E-state index < -0.39 is 11.5 Å². The first-order valence-corrected chi connectivity index (χ1v) is 11.6. The summed E-state index contributed by atoms with van der Waals surface area (Å²) in [7, 11) is 0. The molecule has 1 fully saturated rings. The summed E-state index contributed by atoms with van der Waals surface area (Å²) in [6, 6.07) is 15.0. The fourth-order valence-corrected chi connectivity index (χ4v) is 5.35. The first-order chi connectivity index (χ1) is 14.7. The fraction of sp³-hybridized carbons (Fsp3) is 0.423. The molecule has 1 heterocycles. The molecule has 31 heavy (non-hydrogen) atoms. The summed E-state index contributed by atoms with van der Waals surface area (Å²) < 4.78 is 0. The average Bonchev–Trinajstić information content (AvgIpc) is 2.72. The number of nitrogens with zero attached hydrogens (tertiary/aromatic N) is 1. The van der Waals surface area contributed by atoms with Crippen molar-refractivity contribution in [3.05, 3.63) is 82.4 Å². The van der Waals surface area contributed by atoms with Gasteiger partial charge in [-0.3, -0.25) is 4.79 Å². The third-order valence-corrected chi connectivity index (χ3v) is 7.00. The summed E-state index contributed by atoms with van der Waals surface area (Å²) in [5.74, 6) is 0.0636. The van der Waals surface area contributed by atoms with Gasteiger partial charge in [-0.2, -0.15) is 0 Å². The highest BCUT2D eigenvalue weighted by Crippen LogP contribution is 2.52. The van der Waals surface area contributed by atoms with Gasteiger partial charge in [-0.1, -0.05) is 67.4 Å². The molecule has 1 aliphatic heterocycles. The largest absolute Gasteiger partial charge is 0.391 e. The van der Waals surface area contributed by atoms with Crippen molar-refractivity contribution >= 4 is 29.1 Å². The molecule has 1 aliphatic rings. The lowest BCUT2D eigenvalue weighted by Crippen LogP contribution is -2.57. The van der Waals surface area contributed by atoms with Crippen molar-refractivity contribution in [3.63, 3.8) is 0 Å². The topological polar surface area (TPSA) is 40.5 Å². The molecule has 1 amide bonds. The van der Waals surface area contributed by atoms with Gasteiger partial charge in [-0.25, -0.2) is 0 Å². The molecular formula is C26H31Cl2NO2. The number of hydrogen-bond donors (Lipinski definition) is 1. The zero-order valence-electron chi connectivity index (χ0n) is 18.4. The Bertz CT molecular complexity index is 927. The van der Waals surface area contributed by atoms with Gasteiger partial charge in [0, 0.05) is 16.0 Å². The number of aliphatic hydroxyl groups excluding tert-OH is 1. The Morgan fingerprint density at radius 1 is 1.19 bits per heavy atom. The lowest BCUT2D eigenvalue weighted by atomic mass is 9.67. The average molecular weight is 460 g/mol. The Hall–Kier alpha value is -1.81. The maximum absolute atomic E-state index is 14.0. The Morgan fingerprint density at radius 3 is 2.42 bits per heavy atom. The molecule has 4 unspecified atom stereocenters. The van der Waals surface area contributed by atoms with Crippen LogP contribution < -0.4 is 0 Å². The predicted octanol–water partition coefficient (Wildman–Crippen LogP) is 6.79. The first kappa shape index (κ1) is 23.8. The molecular weight excluding hydrogens is 429 g/mol. The molecule has 3 nitrogen and oxygen atoms in total. The summed E-state index contributed by atoms with van der Waals surface area (Å²) in [5.41, 5.74) is 1.48. The zero-order chi connectivity index (χ0) is 22.8. The second-order valence-corrected chi connectivity index (χ2v) is 9.72.